The van der Waals surface area contributed by atoms with Gasteiger partial charge >= 0.3 is 0 Å². The first-order valence-electron chi connectivity index (χ1n) is 3.97. The highest BCUT2D eigenvalue weighted by atomic mass is 35.7. The molecule has 0 amide bonds. The van der Waals surface area contributed by atoms with E-state index in [2.05, 4.69) is 10.2 Å². The average molecular weight is 231 g/mol. The highest BCUT2D eigenvalue weighted by molar-refractivity contribution is 8.13. The normalized spacial score (nSPS) is 15.2. The van der Waals surface area contributed by atoms with Crippen molar-refractivity contribution in [1.29, 1.82) is 0 Å². The molecule has 1 aliphatic rings. The Labute approximate surface area is 86.0 Å². The summed E-state index contributed by atoms with van der Waals surface area (Å²) in [7, 11) is 1.58. The first-order chi connectivity index (χ1) is 6.57. The second-order valence-corrected chi connectivity index (χ2v) is 5.53. The predicted molar refractivity (Wildman–Crippen MR) is 51.7 cm³/mol. The molecule has 1 aromatic carbocycles. The summed E-state index contributed by atoms with van der Waals surface area (Å²) in [6.07, 6.45) is 0. The highest BCUT2D eigenvalue weighted by Gasteiger charge is 2.14. The molecule has 14 heavy (non-hydrogen) atoms. The lowest BCUT2D eigenvalue weighted by molar-refractivity contribution is 0.609. The molecule has 0 radical (unpaired) electrons. The van der Waals surface area contributed by atoms with Gasteiger partial charge in [0.15, 0.2) is 0 Å². The summed E-state index contributed by atoms with van der Waals surface area (Å²) >= 11 is 0. The van der Waals surface area contributed by atoms with Gasteiger partial charge in [-0.1, -0.05) is 6.07 Å². The molecule has 0 bridgehead atoms. The number of nitrogens with zero attached hydrogens (tertiary/aromatic N) is 2. The topological polar surface area (TPSA) is 58.9 Å². The summed E-state index contributed by atoms with van der Waals surface area (Å²) in [4.78, 5) is 0.120. The van der Waals surface area contributed by atoms with Crippen LogP contribution in [-0.4, -0.2) is 8.42 Å². The zero-order chi connectivity index (χ0) is 10.2. The molecule has 6 heteroatoms. The van der Waals surface area contributed by atoms with Crippen molar-refractivity contribution in [1.82, 2.24) is 0 Å². The molecule has 74 valence electrons. The van der Waals surface area contributed by atoms with E-state index in [1.165, 1.54) is 6.07 Å². The Morgan fingerprint density at radius 1 is 1.14 bits per heavy atom. The molecule has 0 fully saturated rings. The van der Waals surface area contributed by atoms with Crippen LogP contribution in [0.5, 0.6) is 0 Å². The van der Waals surface area contributed by atoms with Gasteiger partial charge in [-0.3, -0.25) is 0 Å². The number of azo groups is 1. The lowest BCUT2D eigenvalue weighted by Crippen LogP contribution is -1.99. The van der Waals surface area contributed by atoms with E-state index in [4.69, 9.17) is 10.7 Å². The van der Waals surface area contributed by atoms with Gasteiger partial charge in [0.2, 0.25) is 0 Å². The number of hydrogen-bond acceptors (Lipinski definition) is 4. The average Bonchev–Trinajstić information content (AvgIpc) is 2.16. The Morgan fingerprint density at radius 3 is 2.43 bits per heavy atom. The maximum absolute atomic E-state index is 11.0. The molecule has 1 aromatic rings. The van der Waals surface area contributed by atoms with Gasteiger partial charge in [0.05, 0.1) is 18.0 Å². The Balaban J connectivity index is 2.52. The van der Waals surface area contributed by atoms with Gasteiger partial charge < -0.3 is 0 Å². The second-order valence-electron chi connectivity index (χ2n) is 2.97. The largest absolute Gasteiger partial charge is 0.261 e. The Bertz CT molecular complexity index is 496. The van der Waals surface area contributed by atoms with Crippen LogP contribution in [0, 0.1) is 0 Å². The highest BCUT2D eigenvalue weighted by Crippen LogP contribution is 2.22. The molecule has 0 aliphatic carbocycles. The van der Waals surface area contributed by atoms with Crippen LogP contribution in [-0.2, 0) is 22.1 Å². The molecule has 0 saturated heterocycles. The molecule has 0 atom stereocenters. The molecular formula is C8H7ClN2O2S. The minimum absolute atomic E-state index is 0.120. The van der Waals surface area contributed by atoms with Crippen LogP contribution in [0.3, 0.4) is 0 Å². The first kappa shape index (κ1) is 9.61. The summed E-state index contributed by atoms with van der Waals surface area (Å²) < 4.78 is 22.1. The van der Waals surface area contributed by atoms with Gasteiger partial charge in [-0.05, 0) is 23.3 Å². The van der Waals surface area contributed by atoms with Crippen LogP contribution < -0.4 is 0 Å². The fourth-order valence-electron chi connectivity index (χ4n) is 1.31. The van der Waals surface area contributed by atoms with E-state index in [0.717, 1.165) is 11.1 Å². The summed E-state index contributed by atoms with van der Waals surface area (Å²) in [5, 5.41) is 7.68. The third kappa shape index (κ3) is 1.78. The third-order valence-electron chi connectivity index (χ3n) is 2.04. The minimum atomic E-state index is -3.64. The van der Waals surface area contributed by atoms with Gasteiger partial charge in [0.1, 0.15) is 0 Å². The van der Waals surface area contributed by atoms with E-state index in [1.54, 1.807) is 12.1 Å². The molecular weight excluding hydrogens is 224 g/mol. The van der Waals surface area contributed by atoms with Crippen LogP contribution >= 0.6 is 10.7 Å². The smallest absolute Gasteiger partial charge is 0.207 e. The zero-order valence-corrected chi connectivity index (χ0v) is 8.72. The van der Waals surface area contributed by atoms with Crippen molar-refractivity contribution >= 4 is 19.7 Å². The first-order valence-corrected chi connectivity index (χ1v) is 6.28. The van der Waals surface area contributed by atoms with Crippen molar-refractivity contribution in [2.45, 2.75) is 18.0 Å². The second kappa shape index (κ2) is 3.33. The van der Waals surface area contributed by atoms with Crippen LogP contribution in [0.4, 0.5) is 0 Å². The van der Waals surface area contributed by atoms with Crippen molar-refractivity contribution in [2.75, 3.05) is 0 Å². The van der Waals surface area contributed by atoms with Crippen molar-refractivity contribution in [3.8, 4) is 0 Å². The van der Waals surface area contributed by atoms with E-state index >= 15 is 0 Å². The fraction of sp³-hybridized carbons (Fsp3) is 0.250. The Hall–Kier alpha value is -0.940. The molecule has 1 aliphatic heterocycles. The summed E-state index contributed by atoms with van der Waals surface area (Å²) in [5.74, 6) is 0. The molecule has 2 rings (SSSR count). The molecule has 0 aromatic heterocycles. The van der Waals surface area contributed by atoms with E-state index in [1.807, 2.05) is 0 Å². The van der Waals surface area contributed by atoms with Crippen LogP contribution in [0.1, 0.15) is 11.1 Å². The van der Waals surface area contributed by atoms with E-state index in [0.29, 0.717) is 13.1 Å². The minimum Gasteiger partial charge on any atom is -0.207 e. The molecule has 0 saturated carbocycles. The summed E-state index contributed by atoms with van der Waals surface area (Å²) in [6.45, 7) is 0.938. The van der Waals surface area contributed by atoms with Gasteiger partial charge in [-0.15, -0.1) is 0 Å². The van der Waals surface area contributed by atoms with E-state index in [9.17, 15) is 8.42 Å². The van der Waals surface area contributed by atoms with Gasteiger partial charge in [0, 0.05) is 10.7 Å². The van der Waals surface area contributed by atoms with Crippen molar-refractivity contribution in [3.05, 3.63) is 29.3 Å². The third-order valence-corrected chi connectivity index (χ3v) is 3.39. The Kier molecular flexibility index (Phi) is 2.28. The summed E-state index contributed by atoms with van der Waals surface area (Å²) in [5.41, 5.74) is 1.88. The van der Waals surface area contributed by atoms with Crippen molar-refractivity contribution in [2.24, 2.45) is 10.2 Å². The van der Waals surface area contributed by atoms with E-state index < -0.39 is 9.05 Å². The molecule has 1 heterocycles. The zero-order valence-electron chi connectivity index (χ0n) is 7.14. The lowest BCUT2D eigenvalue weighted by atomic mass is 10.1. The quantitative estimate of drug-likeness (QED) is 0.694. The molecule has 0 N–H and O–H groups in total. The number of benzene rings is 1. The standard InChI is InChI=1S/C8H7ClN2O2S/c9-14(12,13)8-2-1-6-4-10-11-5-7(6)3-8/h1-3H,4-5H2. The Morgan fingerprint density at radius 2 is 1.79 bits per heavy atom. The predicted octanol–water partition coefficient (Wildman–Crippen LogP) is 2.08. The van der Waals surface area contributed by atoms with Crippen LogP contribution in [0.25, 0.3) is 0 Å². The van der Waals surface area contributed by atoms with Crippen LogP contribution in [0.15, 0.2) is 33.3 Å². The maximum Gasteiger partial charge on any atom is 0.261 e. The SMILES string of the molecule is O=S(=O)(Cl)c1ccc2c(c1)CN=NC2. The van der Waals surface area contributed by atoms with Gasteiger partial charge in [-0.25, -0.2) is 8.42 Å². The lowest BCUT2D eigenvalue weighted by Gasteiger charge is -2.09. The number of rotatable bonds is 1. The van der Waals surface area contributed by atoms with Gasteiger partial charge in [0.25, 0.3) is 9.05 Å². The van der Waals surface area contributed by atoms with Crippen LogP contribution in [0.2, 0.25) is 0 Å². The van der Waals surface area contributed by atoms with Gasteiger partial charge in [-0.2, -0.15) is 10.2 Å². The summed E-state index contributed by atoms with van der Waals surface area (Å²) in [6, 6.07) is 4.76. The van der Waals surface area contributed by atoms with Crippen molar-refractivity contribution < 1.29 is 8.42 Å². The van der Waals surface area contributed by atoms with Crippen molar-refractivity contribution in [3.63, 3.8) is 0 Å². The number of fused-ring (bicyclic) bond motifs is 1. The van der Waals surface area contributed by atoms with E-state index in [-0.39, 0.29) is 4.90 Å². The number of halogens is 1. The number of hydrogen-bond donors (Lipinski definition) is 0. The monoisotopic (exact) mass is 230 g/mol. The molecule has 4 nitrogen and oxygen atoms in total. The maximum atomic E-state index is 11.0. The fourth-order valence-corrected chi connectivity index (χ4v) is 2.11. The molecule has 0 unspecified atom stereocenters. The molecule has 0 spiro atoms.